The van der Waals surface area contributed by atoms with Crippen LogP contribution in [0.1, 0.15) is 66.5 Å². The number of pyridine rings is 2. The standard InChI is InChI=1S/C26H37N3O/c1-15(2)11-18-9-10-20-21(13-18)22-23(19(12-16(3)4)14-27-25(22)30)29-24(20)28-17(5)26(6,7)8/h9-10,13-17H,11-12H2,1-8H3,(H,27,30)(H,28,29). The van der Waals surface area contributed by atoms with Gasteiger partial charge in [0, 0.05) is 23.0 Å². The average Bonchev–Trinajstić information content (AvgIpc) is 2.62. The highest BCUT2D eigenvalue weighted by Gasteiger charge is 2.22. The number of benzene rings is 1. The van der Waals surface area contributed by atoms with Gasteiger partial charge in [-0.3, -0.25) is 4.79 Å². The summed E-state index contributed by atoms with van der Waals surface area (Å²) in [7, 11) is 0. The first-order valence-corrected chi connectivity index (χ1v) is 11.2. The van der Waals surface area contributed by atoms with Gasteiger partial charge < -0.3 is 10.3 Å². The van der Waals surface area contributed by atoms with Gasteiger partial charge in [0.05, 0.1) is 10.9 Å². The summed E-state index contributed by atoms with van der Waals surface area (Å²) in [6.45, 7) is 17.7. The summed E-state index contributed by atoms with van der Waals surface area (Å²) in [5, 5.41) is 6.37. The number of aromatic nitrogens is 2. The Hall–Kier alpha value is -2.36. The van der Waals surface area contributed by atoms with Crippen LogP contribution in [0.15, 0.2) is 29.2 Å². The van der Waals surface area contributed by atoms with Crippen LogP contribution >= 0.6 is 0 Å². The molecule has 0 bridgehead atoms. The van der Waals surface area contributed by atoms with Crippen LogP contribution in [0.5, 0.6) is 0 Å². The molecule has 0 fully saturated rings. The summed E-state index contributed by atoms with van der Waals surface area (Å²) in [6, 6.07) is 6.73. The Morgan fingerprint density at radius 3 is 2.27 bits per heavy atom. The summed E-state index contributed by atoms with van der Waals surface area (Å²) in [6.07, 6.45) is 3.72. The van der Waals surface area contributed by atoms with Gasteiger partial charge in [0.25, 0.3) is 5.56 Å². The Labute approximate surface area is 180 Å². The van der Waals surface area contributed by atoms with Crippen molar-refractivity contribution in [2.24, 2.45) is 17.3 Å². The Kier molecular flexibility index (Phi) is 6.26. The van der Waals surface area contributed by atoms with Crippen molar-refractivity contribution in [1.82, 2.24) is 9.97 Å². The van der Waals surface area contributed by atoms with Gasteiger partial charge in [-0.05, 0) is 48.1 Å². The van der Waals surface area contributed by atoms with Crippen molar-refractivity contribution in [2.75, 3.05) is 5.32 Å². The van der Waals surface area contributed by atoms with Crippen LogP contribution in [-0.2, 0) is 12.8 Å². The number of nitrogens with one attached hydrogen (secondary N) is 2. The second-order valence-electron chi connectivity index (χ2n) is 10.6. The summed E-state index contributed by atoms with van der Waals surface area (Å²) < 4.78 is 0. The van der Waals surface area contributed by atoms with Gasteiger partial charge in [-0.25, -0.2) is 4.98 Å². The highest BCUT2D eigenvalue weighted by atomic mass is 16.1. The van der Waals surface area contributed by atoms with E-state index in [4.69, 9.17) is 4.98 Å². The molecular formula is C26H37N3O. The predicted molar refractivity (Wildman–Crippen MR) is 129 cm³/mol. The molecule has 1 aromatic carbocycles. The van der Waals surface area contributed by atoms with Crippen LogP contribution < -0.4 is 10.9 Å². The maximum atomic E-state index is 12.9. The maximum Gasteiger partial charge on any atom is 0.258 e. The van der Waals surface area contributed by atoms with Crippen LogP contribution in [0.2, 0.25) is 0 Å². The summed E-state index contributed by atoms with van der Waals surface area (Å²) in [5.41, 5.74) is 3.21. The van der Waals surface area contributed by atoms with E-state index in [0.29, 0.717) is 17.2 Å². The minimum Gasteiger partial charge on any atom is -0.367 e. The lowest BCUT2D eigenvalue weighted by Crippen LogP contribution is -2.31. The minimum atomic E-state index is -0.0628. The number of fused-ring (bicyclic) bond motifs is 3. The van der Waals surface area contributed by atoms with E-state index >= 15 is 0 Å². The molecule has 1 atom stereocenters. The first-order chi connectivity index (χ1) is 14.0. The van der Waals surface area contributed by atoms with Crippen molar-refractivity contribution in [3.63, 3.8) is 0 Å². The zero-order chi connectivity index (χ0) is 22.2. The third-order valence-electron chi connectivity index (χ3n) is 5.90. The Morgan fingerprint density at radius 2 is 1.67 bits per heavy atom. The zero-order valence-corrected chi connectivity index (χ0v) is 19.8. The van der Waals surface area contributed by atoms with Crippen LogP contribution in [0.3, 0.4) is 0 Å². The van der Waals surface area contributed by atoms with Crippen LogP contribution in [-0.4, -0.2) is 16.0 Å². The van der Waals surface area contributed by atoms with E-state index in [1.165, 1.54) is 5.56 Å². The number of rotatable bonds is 6. The number of H-pyrrole nitrogens is 1. The van der Waals surface area contributed by atoms with Gasteiger partial charge in [-0.1, -0.05) is 66.7 Å². The van der Waals surface area contributed by atoms with E-state index in [1.54, 1.807) is 0 Å². The second-order valence-corrected chi connectivity index (χ2v) is 10.6. The van der Waals surface area contributed by atoms with E-state index < -0.39 is 0 Å². The zero-order valence-electron chi connectivity index (χ0n) is 19.8. The number of nitrogens with zero attached hydrogens (tertiary/aromatic N) is 1. The molecule has 1 unspecified atom stereocenters. The third-order valence-corrected chi connectivity index (χ3v) is 5.90. The molecule has 4 nitrogen and oxygen atoms in total. The molecule has 0 aliphatic carbocycles. The van der Waals surface area contributed by atoms with E-state index in [9.17, 15) is 4.79 Å². The molecule has 162 valence electrons. The smallest absolute Gasteiger partial charge is 0.258 e. The van der Waals surface area contributed by atoms with Crippen molar-refractivity contribution in [1.29, 1.82) is 0 Å². The highest BCUT2D eigenvalue weighted by Crippen LogP contribution is 2.33. The van der Waals surface area contributed by atoms with E-state index in [0.717, 1.165) is 40.5 Å². The molecule has 2 heterocycles. The predicted octanol–water partition coefficient (Wildman–Crippen LogP) is 6.32. The summed E-state index contributed by atoms with van der Waals surface area (Å²) in [5.74, 6) is 1.91. The molecule has 0 aliphatic rings. The van der Waals surface area contributed by atoms with E-state index in [2.05, 4.69) is 83.9 Å². The molecule has 3 rings (SSSR count). The number of hydrogen-bond donors (Lipinski definition) is 2. The Morgan fingerprint density at radius 1 is 1.00 bits per heavy atom. The fraction of sp³-hybridized carbons (Fsp3) is 0.538. The molecule has 0 radical (unpaired) electrons. The van der Waals surface area contributed by atoms with Crippen LogP contribution in [0.4, 0.5) is 5.82 Å². The molecular weight excluding hydrogens is 370 g/mol. The monoisotopic (exact) mass is 407 g/mol. The quantitative estimate of drug-likeness (QED) is 0.470. The molecule has 4 heteroatoms. The van der Waals surface area contributed by atoms with Crippen molar-refractivity contribution in [3.05, 3.63) is 45.9 Å². The Bertz CT molecular complexity index is 1100. The van der Waals surface area contributed by atoms with Gasteiger partial charge in [0.2, 0.25) is 0 Å². The molecule has 0 spiro atoms. The molecule has 0 amide bonds. The maximum absolute atomic E-state index is 12.9. The topological polar surface area (TPSA) is 57.8 Å². The lowest BCUT2D eigenvalue weighted by molar-refractivity contribution is 0.359. The minimum absolute atomic E-state index is 0.0628. The normalized spacial score (nSPS) is 13.5. The number of aromatic amines is 1. The van der Waals surface area contributed by atoms with E-state index in [1.807, 2.05) is 6.20 Å². The van der Waals surface area contributed by atoms with Crippen LogP contribution in [0.25, 0.3) is 21.7 Å². The SMILES string of the molecule is CC(C)Cc1ccc2c(NC(C)C(C)(C)C)nc3c(CC(C)C)c[nH]c(=O)c3c2c1. The first kappa shape index (κ1) is 22.3. The van der Waals surface area contributed by atoms with Gasteiger partial charge in [-0.15, -0.1) is 0 Å². The van der Waals surface area contributed by atoms with Crippen molar-refractivity contribution in [2.45, 2.75) is 74.3 Å². The highest BCUT2D eigenvalue weighted by molar-refractivity contribution is 6.10. The lowest BCUT2D eigenvalue weighted by atomic mass is 9.88. The first-order valence-electron chi connectivity index (χ1n) is 11.2. The van der Waals surface area contributed by atoms with Crippen molar-refractivity contribution in [3.8, 4) is 0 Å². The van der Waals surface area contributed by atoms with Crippen molar-refractivity contribution < 1.29 is 0 Å². The average molecular weight is 408 g/mol. The largest absolute Gasteiger partial charge is 0.367 e. The molecule has 2 N–H and O–H groups in total. The van der Waals surface area contributed by atoms with Crippen molar-refractivity contribution >= 4 is 27.5 Å². The molecule has 3 aromatic rings. The fourth-order valence-corrected chi connectivity index (χ4v) is 3.84. The van der Waals surface area contributed by atoms with Gasteiger partial charge in [0.15, 0.2) is 0 Å². The fourth-order valence-electron chi connectivity index (χ4n) is 3.84. The molecule has 0 saturated heterocycles. The summed E-state index contributed by atoms with van der Waals surface area (Å²) >= 11 is 0. The molecule has 0 saturated carbocycles. The number of anilines is 1. The third kappa shape index (κ3) is 4.69. The molecule has 30 heavy (non-hydrogen) atoms. The molecule has 0 aliphatic heterocycles. The number of hydrogen-bond acceptors (Lipinski definition) is 3. The lowest BCUT2D eigenvalue weighted by Gasteiger charge is -2.29. The second kappa shape index (κ2) is 8.41. The summed E-state index contributed by atoms with van der Waals surface area (Å²) in [4.78, 5) is 20.9. The Balaban J connectivity index is 2.34. The van der Waals surface area contributed by atoms with Crippen LogP contribution in [0, 0.1) is 17.3 Å². The van der Waals surface area contributed by atoms with Gasteiger partial charge in [-0.2, -0.15) is 0 Å². The van der Waals surface area contributed by atoms with Gasteiger partial charge >= 0.3 is 0 Å². The molecule has 2 aromatic heterocycles. The van der Waals surface area contributed by atoms with E-state index in [-0.39, 0.29) is 17.0 Å². The van der Waals surface area contributed by atoms with Gasteiger partial charge in [0.1, 0.15) is 5.82 Å².